The summed E-state index contributed by atoms with van der Waals surface area (Å²) in [4.78, 5) is 22.3. The molecule has 3 aromatic rings. The topological polar surface area (TPSA) is 68.0 Å². The second-order valence-corrected chi connectivity index (χ2v) is 8.52. The molecule has 7 nitrogen and oxygen atoms in total. The molecule has 2 saturated heterocycles. The Morgan fingerprint density at radius 2 is 1.84 bits per heavy atom. The van der Waals surface area contributed by atoms with Gasteiger partial charge in [-0.05, 0) is 49.9 Å². The van der Waals surface area contributed by atoms with Crippen molar-refractivity contribution < 1.29 is 18.7 Å². The van der Waals surface area contributed by atoms with Crippen molar-refractivity contribution in [3.8, 4) is 11.5 Å². The lowest BCUT2D eigenvalue weighted by Gasteiger charge is -2.34. The maximum absolute atomic E-state index is 13.5. The van der Waals surface area contributed by atoms with Gasteiger partial charge in [0.2, 0.25) is 5.91 Å². The van der Waals surface area contributed by atoms with Crippen LogP contribution in [0.4, 0.5) is 6.01 Å². The van der Waals surface area contributed by atoms with E-state index >= 15 is 0 Å². The average Bonchev–Trinajstić information content (AvgIpc) is 3.50. The normalized spacial score (nSPS) is 19.5. The molecule has 2 aliphatic heterocycles. The molecule has 0 aliphatic carbocycles. The van der Waals surface area contributed by atoms with Crippen molar-refractivity contribution in [2.24, 2.45) is 5.92 Å². The first-order chi connectivity index (χ1) is 15.7. The Balaban J connectivity index is 1.27. The Bertz CT molecular complexity index is 1070. The maximum atomic E-state index is 13.5. The van der Waals surface area contributed by atoms with Crippen molar-refractivity contribution in [1.82, 2.24) is 9.88 Å². The van der Waals surface area contributed by atoms with E-state index in [1.54, 1.807) is 14.2 Å². The highest BCUT2D eigenvalue weighted by Crippen LogP contribution is 2.40. The van der Waals surface area contributed by atoms with Gasteiger partial charge in [0.25, 0.3) is 6.01 Å². The monoisotopic (exact) mass is 435 g/mol. The van der Waals surface area contributed by atoms with Crippen molar-refractivity contribution >= 4 is 23.0 Å². The lowest BCUT2D eigenvalue weighted by atomic mass is 9.94. The minimum absolute atomic E-state index is 0.0282. The molecule has 5 rings (SSSR count). The Morgan fingerprint density at radius 3 is 2.59 bits per heavy atom. The molecule has 0 spiro atoms. The van der Waals surface area contributed by atoms with Crippen LogP contribution >= 0.6 is 0 Å². The molecule has 1 amide bonds. The highest BCUT2D eigenvalue weighted by Gasteiger charge is 2.37. The number of nitrogens with zero attached hydrogens (tertiary/aromatic N) is 3. The highest BCUT2D eigenvalue weighted by molar-refractivity contribution is 5.80. The number of carbonyl (C=O) groups excluding carboxylic acids is 1. The molecular formula is C25H29N3O4. The van der Waals surface area contributed by atoms with Crippen LogP contribution in [-0.4, -0.2) is 49.6 Å². The van der Waals surface area contributed by atoms with Gasteiger partial charge in [-0.1, -0.05) is 12.1 Å². The van der Waals surface area contributed by atoms with Gasteiger partial charge >= 0.3 is 0 Å². The summed E-state index contributed by atoms with van der Waals surface area (Å²) in [6.07, 6.45) is 3.57. The van der Waals surface area contributed by atoms with Gasteiger partial charge in [-0.25, -0.2) is 0 Å². The number of hydrogen-bond donors (Lipinski definition) is 0. The van der Waals surface area contributed by atoms with E-state index in [9.17, 15) is 4.79 Å². The summed E-state index contributed by atoms with van der Waals surface area (Å²) < 4.78 is 16.9. The van der Waals surface area contributed by atoms with Crippen LogP contribution in [0.5, 0.6) is 11.5 Å². The van der Waals surface area contributed by atoms with Crippen molar-refractivity contribution in [1.29, 1.82) is 0 Å². The fraction of sp³-hybridized carbons (Fsp3) is 0.440. The number of piperidine rings is 1. The first-order valence-electron chi connectivity index (χ1n) is 11.3. The number of benzene rings is 2. The zero-order chi connectivity index (χ0) is 22.1. The van der Waals surface area contributed by atoms with Gasteiger partial charge in [0.05, 0.1) is 20.3 Å². The Kier molecular flexibility index (Phi) is 5.64. The zero-order valence-electron chi connectivity index (χ0n) is 18.6. The molecule has 2 aromatic carbocycles. The number of rotatable bonds is 5. The number of carbonyl (C=O) groups is 1. The van der Waals surface area contributed by atoms with Crippen LogP contribution in [0.1, 0.15) is 37.3 Å². The molecule has 0 saturated carbocycles. The van der Waals surface area contributed by atoms with E-state index in [2.05, 4.69) is 14.8 Å². The lowest BCUT2D eigenvalue weighted by Crippen LogP contribution is -2.42. The van der Waals surface area contributed by atoms with Crippen LogP contribution in [0.2, 0.25) is 0 Å². The third kappa shape index (κ3) is 3.76. The first kappa shape index (κ1) is 20.7. The van der Waals surface area contributed by atoms with Crippen LogP contribution in [0.25, 0.3) is 11.1 Å². The molecule has 1 unspecified atom stereocenters. The molecule has 32 heavy (non-hydrogen) atoms. The summed E-state index contributed by atoms with van der Waals surface area (Å²) >= 11 is 0. The van der Waals surface area contributed by atoms with Gasteiger partial charge in [-0.2, -0.15) is 4.98 Å². The van der Waals surface area contributed by atoms with Crippen LogP contribution in [-0.2, 0) is 4.79 Å². The fourth-order valence-corrected chi connectivity index (χ4v) is 5.00. The Labute approximate surface area is 187 Å². The van der Waals surface area contributed by atoms with Crippen LogP contribution < -0.4 is 14.4 Å². The summed E-state index contributed by atoms with van der Waals surface area (Å²) in [5, 5.41) is 0. The zero-order valence-corrected chi connectivity index (χ0v) is 18.6. The van der Waals surface area contributed by atoms with E-state index in [1.807, 2.05) is 42.5 Å². The van der Waals surface area contributed by atoms with Crippen molar-refractivity contribution in [3.63, 3.8) is 0 Å². The van der Waals surface area contributed by atoms with E-state index in [1.165, 1.54) is 0 Å². The number of para-hydroxylation sites is 2. The predicted octanol–water partition coefficient (Wildman–Crippen LogP) is 4.43. The summed E-state index contributed by atoms with van der Waals surface area (Å²) in [5.41, 5.74) is 2.73. The van der Waals surface area contributed by atoms with Gasteiger partial charge in [0.15, 0.2) is 5.58 Å². The predicted molar refractivity (Wildman–Crippen MR) is 122 cm³/mol. The third-order valence-corrected chi connectivity index (χ3v) is 6.73. The molecule has 168 valence electrons. The first-order valence-corrected chi connectivity index (χ1v) is 11.3. The second-order valence-electron chi connectivity index (χ2n) is 8.52. The minimum atomic E-state index is 0.0282. The fourth-order valence-electron chi connectivity index (χ4n) is 5.00. The summed E-state index contributed by atoms with van der Waals surface area (Å²) in [6.45, 7) is 2.34. The standard InChI is InChI=1S/C25H29N3O4/c1-30-18-9-10-19(23(16-18)31-2)21-7-5-13-28(21)24(29)17-11-14-27(15-12-17)25-26-20-6-3-4-8-22(20)32-25/h3-4,6,8-10,16-17,21H,5,7,11-15H2,1-2H3. The summed E-state index contributed by atoms with van der Waals surface area (Å²) in [6, 6.07) is 14.4. The summed E-state index contributed by atoms with van der Waals surface area (Å²) in [7, 11) is 3.31. The number of hydrogen-bond acceptors (Lipinski definition) is 6. The van der Waals surface area contributed by atoms with Gasteiger partial charge in [-0.15, -0.1) is 0 Å². The quantitative estimate of drug-likeness (QED) is 0.591. The smallest absolute Gasteiger partial charge is 0.298 e. The van der Waals surface area contributed by atoms with E-state index in [-0.39, 0.29) is 17.9 Å². The van der Waals surface area contributed by atoms with Gasteiger partial charge in [-0.3, -0.25) is 4.79 Å². The minimum Gasteiger partial charge on any atom is -0.497 e. The van der Waals surface area contributed by atoms with Crippen LogP contribution in [0, 0.1) is 5.92 Å². The number of amides is 1. The van der Waals surface area contributed by atoms with Crippen LogP contribution in [0.15, 0.2) is 46.9 Å². The largest absolute Gasteiger partial charge is 0.497 e. The molecule has 3 heterocycles. The number of anilines is 1. The molecule has 2 aliphatic rings. The SMILES string of the molecule is COc1ccc(C2CCCN2C(=O)C2CCN(c3nc4ccccc4o3)CC2)c(OC)c1. The van der Waals surface area contributed by atoms with Crippen LogP contribution in [0.3, 0.4) is 0 Å². The molecule has 0 bridgehead atoms. The second kappa shape index (κ2) is 8.73. The number of oxazole rings is 1. The number of aromatic nitrogens is 1. The van der Waals surface area contributed by atoms with E-state index in [0.29, 0.717) is 6.01 Å². The summed E-state index contributed by atoms with van der Waals surface area (Å²) in [5.74, 6) is 1.82. The number of ether oxygens (including phenoxy) is 2. The molecule has 0 radical (unpaired) electrons. The van der Waals surface area contributed by atoms with Gasteiger partial charge in [0.1, 0.15) is 17.0 Å². The Morgan fingerprint density at radius 1 is 1.03 bits per heavy atom. The highest BCUT2D eigenvalue weighted by atomic mass is 16.5. The molecule has 7 heteroatoms. The Hall–Kier alpha value is -3.22. The third-order valence-electron chi connectivity index (χ3n) is 6.73. The molecule has 0 N–H and O–H groups in total. The molecule has 2 fully saturated rings. The van der Waals surface area contributed by atoms with Gasteiger partial charge in [0, 0.05) is 37.2 Å². The van der Waals surface area contributed by atoms with Crippen molar-refractivity contribution in [3.05, 3.63) is 48.0 Å². The van der Waals surface area contributed by atoms with Crippen molar-refractivity contribution in [2.75, 3.05) is 38.8 Å². The molecule has 1 atom stereocenters. The molecule has 1 aromatic heterocycles. The lowest BCUT2D eigenvalue weighted by molar-refractivity contribution is -0.137. The number of methoxy groups -OCH3 is 2. The average molecular weight is 436 g/mol. The number of fused-ring (bicyclic) bond motifs is 1. The van der Waals surface area contributed by atoms with E-state index < -0.39 is 0 Å². The maximum Gasteiger partial charge on any atom is 0.298 e. The van der Waals surface area contributed by atoms with E-state index in [4.69, 9.17) is 13.9 Å². The number of likely N-dealkylation sites (tertiary alicyclic amines) is 1. The van der Waals surface area contributed by atoms with Gasteiger partial charge < -0.3 is 23.7 Å². The molecular weight excluding hydrogens is 406 g/mol. The van der Waals surface area contributed by atoms with E-state index in [0.717, 1.165) is 73.5 Å². The van der Waals surface area contributed by atoms with Crippen molar-refractivity contribution in [2.45, 2.75) is 31.7 Å².